The summed E-state index contributed by atoms with van der Waals surface area (Å²) in [6, 6.07) is 0. The van der Waals surface area contributed by atoms with Crippen molar-refractivity contribution < 1.29 is 22.7 Å². The first-order valence-corrected chi connectivity index (χ1v) is 9.13. The molecule has 1 saturated heterocycles. The number of rotatable bonds is 4. The second kappa shape index (κ2) is 7.20. The van der Waals surface area contributed by atoms with Gasteiger partial charge in [0, 0.05) is 30.6 Å². The second-order valence-corrected chi connectivity index (χ2v) is 7.47. The van der Waals surface area contributed by atoms with Crippen molar-refractivity contribution in [1.29, 1.82) is 0 Å². The summed E-state index contributed by atoms with van der Waals surface area (Å²) < 4.78 is 33.1. The topological polar surface area (TPSA) is 111 Å². The Balaban J connectivity index is 2.09. The molecule has 0 radical (unpaired) electrons. The van der Waals surface area contributed by atoms with Crippen molar-refractivity contribution in [2.24, 2.45) is 0 Å². The van der Waals surface area contributed by atoms with E-state index in [1.807, 2.05) is 0 Å². The van der Waals surface area contributed by atoms with Gasteiger partial charge in [0.05, 0.1) is 13.2 Å². The van der Waals surface area contributed by atoms with Crippen molar-refractivity contribution in [3.8, 4) is 5.88 Å². The highest BCUT2D eigenvalue weighted by Gasteiger charge is 2.18. The van der Waals surface area contributed by atoms with E-state index in [1.54, 1.807) is 18.9 Å². The smallest absolute Gasteiger partial charge is 0.390 e. The summed E-state index contributed by atoms with van der Waals surface area (Å²) in [4.78, 5) is 20.1. The summed E-state index contributed by atoms with van der Waals surface area (Å²) in [5, 5.41) is 1.69. The zero-order valence-corrected chi connectivity index (χ0v) is 14.1. The van der Waals surface area contributed by atoms with Gasteiger partial charge in [0.2, 0.25) is 5.88 Å². The van der Waals surface area contributed by atoms with Crippen LogP contribution < -0.4 is 10.2 Å². The largest absolute Gasteiger partial charge is 0.428 e. The molecule has 128 valence electrons. The van der Waals surface area contributed by atoms with Crippen molar-refractivity contribution in [3.05, 3.63) is 17.1 Å². The molecule has 23 heavy (non-hydrogen) atoms. The fraction of sp³-hybridized carbons (Fsp3) is 0.615. The Labute approximate surface area is 134 Å². The molecule has 2 rings (SSSR count). The van der Waals surface area contributed by atoms with Gasteiger partial charge in [0.25, 0.3) is 0 Å². The zero-order valence-electron chi connectivity index (χ0n) is 13.3. The molecule has 10 heteroatoms. The average Bonchev–Trinajstić information content (AvgIpc) is 2.43. The van der Waals surface area contributed by atoms with E-state index < -0.39 is 15.9 Å². The molecule has 1 amide bonds. The van der Waals surface area contributed by atoms with Crippen molar-refractivity contribution in [3.63, 3.8) is 0 Å². The van der Waals surface area contributed by atoms with Gasteiger partial charge < -0.3 is 9.47 Å². The third-order valence-corrected chi connectivity index (χ3v) is 4.01. The summed E-state index contributed by atoms with van der Waals surface area (Å²) in [6.07, 6.45) is 0.412. The van der Waals surface area contributed by atoms with E-state index >= 15 is 0 Å². The molecule has 0 aromatic carbocycles. The number of hydrazine groups is 1. The molecule has 0 spiro atoms. The predicted molar refractivity (Wildman–Crippen MR) is 81.6 cm³/mol. The molecule has 1 aliphatic heterocycles. The van der Waals surface area contributed by atoms with E-state index in [2.05, 4.69) is 15.4 Å². The summed E-state index contributed by atoms with van der Waals surface area (Å²) in [5.74, 6) is -0.151. The first-order valence-electron chi connectivity index (χ1n) is 7.07. The summed E-state index contributed by atoms with van der Waals surface area (Å²) in [5.41, 5.74) is 3.74. The molecule has 9 nitrogen and oxygen atoms in total. The predicted octanol–water partition coefficient (Wildman–Crippen LogP) is -0.0264. The molecule has 0 aliphatic carbocycles. The number of nitrogens with one attached hydrogen (secondary N) is 1. The third kappa shape index (κ3) is 5.41. The minimum atomic E-state index is -3.28. The number of aryl methyl sites for hydroxylation is 1. The van der Waals surface area contributed by atoms with Gasteiger partial charge in [-0.15, -0.1) is 0 Å². The Morgan fingerprint density at radius 2 is 1.96 bits per heavy atom. The van der Waals surface area contributed by atoms with Crippen LogP contribution in [0.15, 0.2) is 0 Å². The lowest BCUT2D eigenvalue weighted by Crippen LogP contribution is -2.49. The maximum absolute atomic E-state index is 11.9. The highest BCUT2D eigenvalue weighted by molar-refractivity contribution is 7.89. The highest BCUT2D eigenvalue weighted by atomic mass is 32.2. The van der Waals surface area contributed by atoms with E-state index in [9.17, 15) is 13.2 Å². The molecule has 1 aromatic rings. The van der Waals surface area contributed by atoms with Crippen LogP contribution in [-0.4, -0.2) is 62.0 Å². The Hall–Kier alpha value is -1.78. The number of aromatic nitrogens is 2. The van der Waals surface area contributed by atoms with Crippen LogP contribution in [0.1, 0.15) is 17.1 Å². The first-order chi connectivity index (χ1) is 10.7. The number of morpholine rings is 1. The summed E-state index contributed by atoms with van der Waals surface area (Å²) >= 11 is 0. The monoisotopic (exact) mass is 344 g/mol. The Bertz CT molecular complexity index is 686. The van der Waals surface area contributed by atoms with Crippen molar-refractivity contribution >= 4 is 15.9 Å². The fourth-order valence-electron chi connectivity index (χ4n) is 1.97. The van der Waals surface area contributed by atoms with Crippen molar-refractivity contribution in [1.82, 2.24) is 20.4 Å². The fourth-order valence-corrected chi connectivity index (χ4v) is 2.57. The molecule has 1 aromatic heterocycles. The van der Waals surface area contributed by atoms with Gasteiger partial charge in [-0.25, -0.2) is 23.2 Å². The summed E-state index contributed by atoms with van der Waals surface area (Å²) in [6.45, 7) is 5.60. The van der Waals surface area contributed by atoms with Crippen LogP contribution in [0.4, 0.5) is 4.79 Å². The molecular weight excluding hydrogens is 324 g/mol. The van der Waals surface area contributed by atoms with Crippen LogP contribution in [-0.2, 0) is 20.3 Å². The SMILES string of the molecule is Cc1nc(CS(C)(=O)=O)nc(OC(=O)NN2CCOCC2)c1C. The molecule has 0 bridgehead atoms. The van der Waals surface area contributed by atoms with Gasteiger partial charge in [-0.3, -0.25) is 5.43 Å². The number of hydrogen-bond donors (Lipinski definition) is 1. The van der Waals surface area contributed by atoms with Crippen LogP contribution >= 0.6 is 0 Å². The van der Waals surface area contributed by atoms with Gasteiger partial charge >= 0.3 is 6.09 Å². The van der Waals surface area contributed by atoms with Gasteiger partial charge in [-0.1, -0.05) is 0 Å². The Morgan fingerprint density at radius 3 is 2.57 bits per heavy atom. The van der Waals surface area contributed by atoms with E-state index in [4.69, 9.17) is 9.47 Å². The lowest BCUT2D eigenvalue weighted by atomic mass is 10.2. The van der Waals surface area contributed by atoms with Gasteiger partial charge in [0.1, 0.15) is 11.6 Å². The number of ether oxygens (including phenoxy) is 2. The standard InChI is InChI=1S/C13H20N4O5S/c1-9-10(2)14-11(8-23(3,19)20)15-12(9)22-13(18)16-17-4-6-21-7-5-17/h4-8H2,1-3H3,(H,16,18). The molecule has 0 atom stereocenters. The Morgan fingerprint density at radius 1 is 1.30 bits per heavy atom. The molecule has 0 saturated carbocycles. The van der Waals surface area contributed by atoms with Gasteiger partial charge in [-0.2, -0.15) is 4.98 Å². The van der Waals surface area contributed by atoms with Crippen LogP contribution in [0.25, 0.3) is 0 Å². The number of amides is 1. The summed E-state index contributed by atoms with van der Waals surface area (Å²) in [7, 11) is -3.28. The van der Waals surface area contributed by atoms with Crippen LogP contribution in [0, 0.1) is 13.8 Å². The average molecular weight is 344 g/mol. The number of carbonyl (C=O) groups is 1. The Kier molecular flexibility index (Phi) is 5.50. The van der Waals surface area contributed by atoms with Crippen molar-refractivity contribution in [2.75, 3.05) is 32.6 Å². The molecule has 2 heterocycles. The van der Waals surface area contributed by atoms with E-state index in [1.165, 1.54) is 0 Å². The molecule has 1 fully saturated rings. The molecule has 1 aliphatic rings. The van der Waals surface area contributed by atoms with Crippen LogP contribution in [0.5, 0.6) is 5.88 Å². The van der Waals surface area contributed by atoms with E-state index in [0.717, 1.165) is 6.26 Å². The lowest BCUT2D eigenvalue weighted by Gasteiger charge is -2.26. The third-order valence-electron chi connectivity index (χ3n) is 3.23. The van der Waals surface area contributed by atoms with Gasteiger partial charge in [-0.05, 0) is 13.8 Å². The van der Waals surface area contributed by atoms with Crippen LogP contribution in [0.2, 0.25) is 0 Å². The minimum absolute atomic E-state index is 0.0573. The maximum atomic E-state index is 11.9. The minimum Gasteiger partial charge on any atom is -0.390 e. The second-order valence-electron chi connectivity index (χ2n) is 5.33. The lowest BCUT2D eigenvalue weighted by molar-refractivity contribution is 0.0151. The van der Waals surface area contributed by atoms with Crippen molar-refractivity contribution in [2.45, 2.75) is 19.6 Å². The number of carbonyl (C=O) groups excluding carboxylic acids is 1. The number of sulfone groups is 1. The van der Waals surface area contributed by atoms with E-state index in [-0.39, 0.29) is 17.5 Å². The van der Waals surface area contributed by atoms with E-state index in [0.29, 0.717) is 37.6 Å². The number of hydrogen-bond acceptors (Lipinski definition) is 8. The van der Waals surface area contributed by atoms with Gasteiger partial charge in [0.15, 0.2) is 9.84 Å². The zero-order chi connectivity index (χ0) is 17.0. The molecule has 1 N–H and O–H groups in total. The normalized spacial score (nSPS) is 16.1. The molecule has 0 unspecified atom stereocenters. The molecular formula is C13H20N4O5S. The first kappa shape index (κ1) is 17.6. The van der Waals surface area contributed by atoms with Crippen LogP contribution in [0.3, 0.4) is 0 Å². The number of nitrogens with zero attached hydrogens (tertiary/aromatic N) is 3. The highest BCUT2D eigenvalue weighted by Crippen LogP contribution is 2.18. The maximum Gasteiger partial charge on any atom is 0.428 e. The quantitative estimate of drug-likeness (QED) is 0.811.